The molecule has 3 nitrogen and oxygen atoms in total. The van der Waals surface area contributed by atoms with E-state index in [1.165, 1.54) is 0 Å². The quantitative estimate of drug-likeness (QED) is 0.545. The van der Waals surface area contributed by atoms with Crippen molar-refractivity contribution in [2.45, 2.75) is 12.8 Å². The van der Waals surface area contributed by atoms with E-state index in [1.807, 2.05) is 0 Å². The Labute approximate surface area is 82.1 Å². The van der Waals surface area contributed by atoms with Crippen LogP contribution >= 0.6 is 11.6 Å². The Bertz CT molecular complexity index is 291. The molecule has 0 aromatic carbocycles. The Kier molecular flexibility index (Phi) is 4.07. The molecule has 0 aliphatic rings. The zero-order valence-electron chi connectivity index (χ0n) is 7.03. The molecule has 13 heavy (non-hydrogen) atoms. The van der Waals surface area contributed by atoms with Crippen molar-refractivity contribution in [3.8, 4) is 18.2 Å². The van der Waals surface area contributed by atoms with E-state index in [1.54, 1.807) is 12.1 Å². The maximum atomic E-state index is 5.54. The van der Waals surface area contributed by atoms with Crippen molar-refractivity contribution >= 4 is 11.6 Å². The van der Waals surface area contributed by atoms with Gasteiger partial charge >= 0.3 is 0 Å². The summed E-state index contributed by atoms with van der Waals surface area (Å²) in [6, 6.07) is 3.30. The minimum absolute atomic E-state index is 0.357. The highest BCUT2D eigenvalue weighted by atomic mass is 35.5. The standard InChI is InChI=1S/C9H9ClN2O/c1-2-3-4-7-13-9-6-5-8(10)11-12-9/h1,5-6H,3-4,7H2. The van der Waals surface area contributed by atoms with E-state index in [-0.39, 0.29) is 0 Å². The Balaban J connectivity index is 2.30. The van der Waals surface area contributed by atoms with Crippen molar-refractivity contribution in [2.24, 2.45) is 0 Å². The summed E-state index contributed by atoms with van der Waals surface area (Å²) >= 11 is 5.54. The fourth-order valence-corrected chi connectivity index (χ4v) is 0.833. The fraction of sp³-hybridized carbons (Fsp3) is 0.333. The first-order chi connectivity index (χ1) is 6.33. The van der Waals surface area contributed by atoms with Crippen LogP contribution in [-0.2, 0) is 0 Å². The highest BCUT2D eigenvalue weighted by Crippen LogP contribution is 2.08. The van der Waals surface area contributed by atoms with Crippen LogP contribution < -0.4 is 4.74 Å². The largest absolute Gasteiger partial charge is 0.477 e. The molecule has 0 fully saturated rings. The van der Waals surface area contributed by atoms with Crippen LogP contribution in [0.15, 0.2) is 12.1 Å². The van der Waals surface area contributed by atoms with Gasteiger partial charge in [0.05, 0.1) is 6.61 Å². The van der Waals surface area contributed by atoms with E-state index in [2.05, 4.69) is 16.1 Å². The highest BCUT2D eigenvalue weighted by molar-refractivity contribution is 6.29. The summed E-state index contributed by atoms with van der Waals surface area (Å²) in [7, 11) is 0. The summed E-state index contributed by atoms with van der Waals surface area (Å²) in [4.78, 5) is 0. The summed E-state index contributed by atoms with van der Waals surface area (Å²) in [6.45, 7) is 0.556. The molecule has 0 saturated heterocycles. The van der Waals surface area contributed by atoms with Crippen molar-refractivity contribution in [1.82, 2.24) is 10.2 Å². The maximum absolute atomic E-state index is 5.54. The van der Waals surface area contributed by atoms with Gasteiger partial charge in [0.15, 0.2) is 5.15 Å². The second-order valence-electron chi connectivity index (χ2n) is 2.35. The van der Waals surface area contributed by atoms with E-state index in [0.29, 0.717) is 24.1 Å². The molecule has 0 atom stereocenters. The molecule has 0 aliphatic carbocycles. The van der Waals surface area contributed by atoms with Gasteiger partial charge in [0, 0.05) is 12.5 Å². The van der Waals surface area contributed by atoms with Crippen molar-refractivity contribution in [3.63, 3.8) is 0 Å². The maximum Gasteiger partial charge on any atom is 0.233 e. The average Bonchev–Trinajstić information content (AvgIpc) is 2.15. The predicted octanol–water partition coefficient (Wildman–Crippen LogP) is 1.92. The molecule has 0 N–H and O–H groups in total. The van der Waals surface area contributed by atoms with E-state index >= 15 is 0 Å². The zero-order chi connectivity index (χ0) is 9.52. The molecule has 0 unspecified atom stereocenters. The van der Waals surface area contributed by atoms with Crippen LogP contribution in [0.5, 0.6) is 5.88 Å². The zero-order valence-corrected chi connectivity index (χ0v) is 7.79. The molecule has 0 radical (unpaired) electrons. The first kappa shape index (κ1) is 9.82. The van der Waals surface area contributed by atoms with E-state index in [0.717, 1.165) is 6.42 Å². The van der Waals surface area contributed by atoms with Crippen molar-refractivity contribution < 1.29 is 4.74 Å². The van der Waals surface area contributed by atoms with Crippen molar-refractivity contribution in [3.05, 3.63) is 17.3 Å². The molecular weight excluding hydrogens is 188 g/mol. The number of nitrogens with zero attached hydrogens (tertiary/aromatic N) is 2. The van der Waals surface area contributed by atoms with Crippen LogP contribution in [0.2, 0.25) is 5.15 Å². The summed E-state index contributed by atoms with van der Waals surface area (Å²) in [5.41, 5.74) is 0. The van der Waals surface area contributed by atoms with Gasteiger partial charge in [-0.3, -0.25) is 0 Å². The van der Waals surface area contributed by atoms with Crippen LogP contribution in [0.25, 0.3) is 0 Å². The molecule has 1 aromatic rings. The lowest BCUT2D eigenvalue weighted by Crippen LogP contribution is -1.99. The van der Waals surface area contributed by atoms with Crippen LogP contribution in [0.1, 0.15) is 12.8 Å². The van der Waals surface area contributed by atoms with Gasteiger partial charge in [-0.25, -0.2) is 0 Å². The monoisotopic (exact) mass is 196 g/mol. The molecule has 1 aromatic heterocycles. The van der Waals surface area contributed by atoms with E-state index < -0.39 is 0 Å². The number of hydrogen-bond donors (Lipinski definition) is 0. The molecule has 0 saturated carbocycles. The second-order valence-corrected chi connectivity index (χ2v) is 2.74. The molecule has 0 aliphatic heterocycles. The van der Waals surface area contributed by atoms with Gasteiger partial charge < -0.3 is 4.74 Å². The second kappa shape index (κ2) is 5.39. The summed E-state index contributed by atoms with van der Waals surface area (Å²) in [6.07, 6.45) is 6.61. The van der Waals surface area contributed by atoms with Crippen molar-refractivity contribution in [1.29, 1.82) is 0 Å². The summed E-state index contributed by atoms with van der Waals surface area (Å²) in [5, 5.41) is 7.71. The number of ether oxygens (including phenoxy) is 1. The van der Waals surface area contributed by atoms with Gasteiger partial charge in [-0.15, -0.1) is 22.5 Å². The van der Waals surface area contributed by atoms with E-state index in [9.17, 15) is 0 Å². The predicted molar refractivity (Wildman–Crippen MR) is 50.6 cm³/mol. The Morgan fingerprint density at radius 1 is 1.46 bits per heavy atom. The third kappa shape index (κ3) is 3.77. The number of hydrogen-bond acceptors (Lipinski definition) is 3. The molecule has 4 heteroatoms. The van der Waals surface area contributed by atoms with Gasteiger partial charge in [0.1, 0.15) is 0 Å². The number of aromatic nitrogens is 2. The third-order valence-electron chi connectivity index (χ3n) is 1.32. The first-order valence-corrected chi connectivity index (χ1v) is 4.26. The summed E-state index contributed by atoms with van der Waals surface area (Å²) < 4.78 is 5.24. The fourth-order valence-electron chi connectivity index (χ4n) is 0.732. The van der Waals surface area contributed by atoms with E-state index in [4.69, 9.17) is 22.8 Å². The van der Waals surface area contributed by atoms with Crippen LogP contribution in [0.3, 0.4) is 0 Å². The molecular formula is C9H9ClN2O. The number of terminal acetylenes is 1. The molecule has 0 spiro atoms. The van der Waals surface area contributed by atoms with Crippen LogP contribution in [0.4, 0.5) is 0 Å². The van der Waals surface area contributed by atoms with Gasteiger partial charge in [-0.1, -0.05) is 11.6 Å². The lowest BCUT2D eigenvalue weighted by atomic mass is 10.3. The smallest absolute Gasteiger partial charge is 0.233 e. The Morgan fingerprint density at radius 3 is 2.92 bits per heavy atom. The minimum atomic E-state index is 0.357. The average molecular weight is 197 g/mol. The van der Waals surface area contributed by atoms with Crippen LogP contribution in [0, 0.1) is 12.3 Å². The van der Waals surface area contributed by atoms with Gasteiger partial charge in [0.25, 0.3) is 0 Å². The van der Waals surface area contributed by atoms with Crippen molar-refractivity contribution in [2.75, 3.05) is 6.61 Å². The summed E-state index contributed by atoms with van der Waals surface area (Å²) in [5.74, 6) is 3.00. The minimum Gasteiger partial charge on any atom is -0.477 e. The lowest BCUT2D eigenvalue weighted by molar-refractivity contribution is 0.297. The topological polar surface area (TPSA) is 35.0 Å². The molecule has 0 amide bonds. The molecule has 68 valence electrons. The molecule has 1 heterocycles. The van der Waals surface area contributed by atoms with Gasteiger partial charge in [-0.2, -0.15) is 0 Å². The lowest BCUT2D eigenvalue weighted by Gasteiger charge is -2.01. The number of rotatable bonds is 4. The molecule has 0 bridgehead atoms. The third-order valence-corrected chi connectivity index (χ3v) is 1.52. The van der Waals surface area contributed by atoms with Gasteiger partial charge in [-0.05, 0) is 12.5 Å². The number of unbranched alkanes of at least 4 members (excludes halogenated alkanes) is 1. The Hall–Kier alpha value is -1.27. The van der Waals surface area contributed by atoms with Gasteiger partial charge in [0.2, 0.25) is 5.88 Å². The first-order valence-electron chi connectivity index (χ1n) is 3.88. The number of halogens is 1. The normalized spacial score (nSPS) is 9.23. The highest BCUT2D eigenvalue weighted by Gasteiger charge is 1.95. The SMILES string of the molecule is C#CCCCOc1ccc(Cl)nn1. The Morgan fingerprint density at radius 2 is 2.31 bits per heavy atom. The molecule has 1 rings (SSSR count). The van der Waals surface area contributed by atoms with Crippen LogP contribution in [-0.4, -0.2) is 16.8 Å².